The molecule has 6 heteroatoms. The molecular formula is C18H18Cl2N2O2. The van der Waals surface area contributed by atoms with E-state index in [1.54, 1.807) is 18.2 Å². The summed E-state index contributed by atoms with van der Waals surface area (Å²) in [4.78, 5) is 25.8. The number of benzene rings is 2. The van der Waals surface area contributed by atoms with E-state index in [9.17, 15) is 9.59 Å². The summed E-state index contributed by atoms with van der Waals surface area (Å²) in [7, 11) is 0. The van der Waals surface area contributed by atoms with Crippen LogP contribution in [0.4, 0.5) is 11.4 Å². The summed E-state index contributed by atoms with van der Waals surface area (Å²) in [5.74, 6) is -0.524. The summed E-state index contributed by atoms with van der Waals surface area (Å²) in [6.07, 6.45) is 0.769. The Morgan fingerprint density at radius 2 is 1.71 bits per heavy atom. The smallest absolute Gasteiger partial charge is 0.244 e. The number of aryl methyl sites for hydroxylation is 1. The molecule has 0 bridgehead atoms. The van der Waals surface area contributed by atoms with Gasteiger partial charge in [-0.2, -0.15) is 0 Å². The van der Waals surface area contributed by atoms with Crippen molar-refractivity contribution in [3.8, 4) is 0 Å². The van der Waals surface area contributed by atoms with Gasteiger partial charge in [-0.05, 0) is 36.2 Å². The molecule has 4 nitrogen and oxygen atoms in total. The second kappa shape index (κ2) is 8.18. The Bertz CT molecular complexity index is 742. The van der Waals surface area contributed by atoms with Gasteiger partial charge in [-0.15, -0.1) is 0 Å². The molecule has 0 spiro atoms. The van der Waals surface area contributed by atoms with E-state index < -0.39 is 0 Å². The van der Waals surface area contributed by atoms with E-state index in [0.29, 0.717) is 15.7 Å². The monoisotopic (exact) mass is 364 g/mol. The van der Waals surface area contributed by atoms with Gasteiger partial charge >= 0.3 is 0 Å². The second-order valence-corrected chi connectivity index (χ2v) is 6.17. The maximum Gasteiger partial charge on any atom is 0.244 e. The third-order valence-electron chi connectivity index (χ3n) is 3.49. The van der Waals surface area contributed by atoms with E-state index in [4.69, 9.17) is 23.2 Å². The number of nitrogens with zero attached hydrogens (tertiary/aromatic N) is 1. The van der Waals surface area contributed by atoms with Gasteiger partial charge in [-0.25, -0.2) is 0 Å². The lowest BCUT2D eigenvalue weighted by Crippen LogP contribution is -2.37. The molecular weight excluding hydrogens is 347 g/mol. The van der Waals surface area contributed by atoms with Gasteiger partial charge in [0.15, 0.2) is 0 Å². The van der Waals surface area contributed by atoms with Gasteiger partial charge < -0.3 is 10.2 Å². The molecule has 1 N–H and O–H groups in total. The van der Waals surface area contributed by atoms with Gasteiger partial charge in [0.2, 0.25) is 11.8 Å². The van der Waals surface area contributed by atoms with Crippen LogP contribution in [0.15, 0.2) is 42.5 Å². The molecule has 2 amide bonds. The quantitative estimate of drug-likeness (QED) is 0.845. The van der Waals surface area contributed by atoms with Crippen LogP contribution >= 0.6 is 23.2 Å². The van der Waals surface area contributed by atoms with Crippen LogP contribution in [0.25, 0.3) is 0 Å². The van der Waals surface area contributed by atoms with Crippen molar-refractivity contribution in [2.24, 2.45) is 0 Å². The predicted octanol–water partition coefficient (Wildman–Crippen LogP) is 4.55. The number of nitrogens with one attached hydrogen (secondary N) is 1. The molecule has 0 atom stereocenters. The molecule has 0 aromatic heterocycles. The fourth-order valence-electron chi connectivity index (χ4n) is 2.41. The highest BCUT2D eigenvalue weighted by Gasteiger charge is 2.18. The first-order valence-electron chi connectivity index (χ1n) is 7.52. The van der Waals surface area contributed by atoms with Crippen molar-refractivity contribution in [3.63, 3.8) is 0 Å². The van der Waals surface area contributed by atoms with Crippen LogP contribution in [0.1, 0.15) is 19.4 Å². The lowest BCUT2D eigenvalue weighted by Gasteiger charge is -2.23. The van der Waals surface area contributed by atoms with Gasteiger partial charge in [0.25, 0.3) is 0 Å². The van der Waals surface area contributed by atoms with Crippen molar-refractivity contribution in [1.82, 2.24) is 0 Å². The first-order chi connectivity index (χ1) is 11.4. The second-order valence-electron chi connectivity index (χ2n) is 5.29. The third kappa shape index (κ3) is 4.73. The van der Waals surface area contributed by atoms with E-state index in [-0.39, 0.29) is 18.4 Å². The molecule has 0 saturated carbocycles. The number of para-hydroxylation sites is 1. The van der Waals surface area contributed by atoms with Crippen molar-refractivity contribution in [2.75, 3.05) is 16.8 Å². The molecule has 0 radical (unpaired) electrons. The van der Waals surface area contributed by atoms with Crippen LogP contribution < -0.4 is 10.2 Å². The number of carbonyl (C=O) groups excluding carboxylic acids is 2. The van der Waals surface area contributed by atoms with E-state index >= 15 is 0 Å². The lowest BCUT2D eigenvalue weighted by atomic mass is 10.1. The number of rotatable bonds is 5. The largest absolute Gasteiger partial charge is 0.324 e. The lowest BCUT2D eigenvalue weighted by molar-refractivity contribution is -0.120. The molecule has 2 aromatic carbocycles. The highest BCUT2D eigenvalue weighted by Crippen LogP contribution is 2.23. The SMILES string of the molecule is CCc1ccccc1N(CC(=O)Nc1cc(Cl)cc(Cl)c1)C(C)=O. The Labute approximate surface area is 151 Å². The summed E-state index contributed by atoms with van der Waals surface area (Å²) in [6.45, 7) is 3.36. The van der Waals surface area contributed by atoms with Crippen LogP contribution in [0.5, 0.6) is 0 Å². The van der Waals surface area contributed by atoms with Crippen molar-refractivity contribution in [3.05, 3.63) is 58.1 Å². The molecule has 126 valence electrons. The standard InChI is InChI=1S/C18H18Cl2N2O2/c1-3-13-6-4-5-7-17(13)22(12(2)23)11-18(24)21-16-9-14(19)8-15(20)10-16/h4-10H,3,11H2,1-2H3,(H,21,24). The summed E-state index contributed by atoms with van der Waals surface area (Å²) in [5.41, 5.74) is 2.24. The van der Waals surface area contributed by atoms with Crippen molar-refractivity contribution in [2.45, 2.75) is 20.3 Å². The highest BCUT2D eigenvalue weighted by molar-refractivity contribution is 6.35. The zero-order valence-corrected chi connectivity index (χ0v) is 15.0. The average molecular weight is 365 g/mol. The van der Waals surface area contributed by atoms with Crippen LogP contribution in [-0.2, 0) is 16.0 Å². The number of hydrogen-bond acceptors (Lipinski definition) is 2. The van der Waals surface area contributed by atoms with Crippen LogP contribution in [-0.4, -0.2) is 18.4 Å². The van der Waals surface area contributed by atoms with E-state index in [1.165, 1.54) is 11.8 Å². The molecule has 24 heavy (non-hydrogen) atoms. The minimum Gasteiger partial charge on any atom is -0.324 e. The Morgan fingerprint density at radius 3 is 2.29 bits per heavy atom. The number of anilines is 2. The predicted molar refractivity (Wildman–Crippen MR) is 98.9 cm³/mol. The topological polar surface area (TPSA) is 49.4 Å². The maximum atomic E-state index is 12.3. The number of amides is 2. The zero-order chi connectivity index (χ0) is 17.7. The Balaban J connectivity index is 2.18. The maximum absolute atomic E-state index is 12.3. The number of hydrogen-bond donors (Lipinski definition) is 1. The first kappa shape index (κ1) is 18.3. The third-order valence-corrected chi connectivity index (χ3v) is 3.93. The van der Waals surface area contributed by atoms with Gasteiger partial charge in [0.05, 0.1) is 0 Å². The van der Waals surface area contributed by atoms with Gasteiger partial charge in [-0.1, -0.05) is 48.3 Å². The number of halogens is 2. The Hall–Kier alpha value is -2.04. The normalized spacial score (nSPS) is 10.3. The Morgan fingerprint density at radius 1 is 1.08 bits per heavy atom. The molecule has 2 aromatic rings. The van der Waals surface area contributed by atoms with Crippen LogP contribution in [0, 0.1) is 0 Å². The van der Waals surface area contributed by atoms with E-state index in [0.717, 1.165) is 17.7 Å². The first-order valence-corrected chi connectivity index (χ1v) is 8.28. The van der Waals surface area contributed by atoms with Crippen molar-refractivity contribution >= 4 is 46.4 Å². The van der Waals surface area contributed by atoms with Crippen LogP contribution in [0.3, 0.4) is 0 Å². The molecule has 0 aliphatic heterocycles. The van der Waals surface area contributed by atoms with E-state index in [2.05, 4.69) is 5.32 Å². The minimum absolute atomic E-state index is 0.0868. The van der Waals surface area contributed by atoms with E-state index in [1.807, 2.05) is 31.2 Å². The molecule has 0 saturated heterocycles. The van der Waals surface area contributed by atoms with Crippen molar-refractivity contribution in [1.29, 1.82) is 0 Å². The highest BCUT2D eigenvalue weighted by atomic mass is 35.5. The summed E-state index contributed by atoms with van der Waals surface area (Å²) >= 11 is 11.8. The molecule has 0 heterocycles. The van der Waals surface area contributed by atoms with Gasteiger partial charge in [-0.3, -0.25) is 9.59 Å². The van der Waals surface area contributed by atoms with Gasteiger partial charge in [0, 0.05) is 28.3 Å². The Kier molecular flexibility index (Phi) is 6.23. The average Bonchev–Trinajstić information content (AvgIpc) is 2.51. The van der Waals surface area contributed by atoms with Crippen LogP contribution in [0.2, 0.25) is 10.0 Å². The minimum atomic E-state index is -0.325. The summed E-state index contributed by atoms with van der Waals surface area (Å²) in [5, 5.41) is 3.57. The molecule has 0 aliphatic carbocycles. The summed E-state index contributed by atoms with van der Waals surface area (Å²) in [6, 6.07) is 12.3. The fraction of sp³-hybridized carbons (Fsp3) is 0.222. The molecule has 0 unspecified atom stereocenters. The molecule has 0 fully saturated rings. The zero-order valence-electron chi connectivity index (χ0n) is 13.5. The fourth-order valence-corrected chi connectivity index (χ4v) is 2.94. The molecule has 0 aliphatic rings. The number of carbonyl (C=O) groups is 2. The summed E-state index contributed by atoms with van der Waals surface area (Å²) < 4.78 is 0. The molecule has 2 rings (SSSR count). The van der Waals surface area contributed by atoms with Gasteiger partial charge in [0.1, 0.15) is 6.54 Å². The van der Waals surface area contributed by atoms with Crippen molar-refractivity contribution < 1.29 is 9.59 Å².